The third kappa shape index (κ3) is 6.25. The highest BCUT2D eigenvalue weighted by Crippen LogP contribution is 2.31. The quantitative estimate of drug-likeness (QED) is 0.564. The van der Waals surface area contributed by atoms with Crippen molar-refractivity contribution in [1.82, 2.24) is 5.32 Å². The molecule has 3 rings (SSSR count). The predicted octanol–water partition coefficient (Wildman–Crippen LogP) is 3.73. The molecule has 31 heavy (non-hydrogen) atoms. The molecule has 0 bridgehead atoms. The topological polar surface area (TPSA) is 94.1 Å². The summed E-state index contributed by atoms with van der Waals surface area (Å²) in [6.07, 6.45) is 5.49. The number of carboxylic acid groups (broad SMARTS) is 1. The van der Waals surface area contributed by atoms with Crippen molar-refractivity contribution in [1.29, 1.82) is 0 Å². The van der Waals surface area contributed by atoms with Crippen molar-refractivity contribution in [3.63, 3.8) is 0 Å². The van der Waals surface area contributed by atoms with Crippen LogP contribution in [0.4, 0.5) is 0 Å². The maximum atomic E-state index is 12.3. The number of ether oxygens (including phenoxy) is 3. The van der Waals surface area contributed by atoms with E-state index in [-0.39, 0.29) is 0 Å². The van der Waals surface area contributed by atoms with E-state index in [0.29, 0.717) is 24.0 Å². The molecule has 7 nitrogen and oxygen atoms in total. The van der Waals surface area contributed by atoms with Crippen molar-refractivity contribution < 1.29 is 28.9 Å². The van der Waals surface area contributed by atoms with Crippen LogP contribution in [0.5, 0.6) is 17.2 Å². The van der Waals surface area contributed by atoms with Crippen molar-refractivity contribution >= 4 is 11.9 Å². The highest BCUT2D eigenvalue weighted by atomic mass is 16.5. The Bertz CT molecular complexity index is 911. The molecule has 164 valence electrons. The van der Waals surface area contributed by atoms with E-state index in [9.17, 15) is 9.59 Å². The molecule has 1 atom stereocenters. The van der Waals surface area contributed by atoms with E-state index in [1.54, 1.807) is 32.4 Å². The summed E-state index contributed by atoms with van der Waals surface area (Å²) in [4.78, 5) is 23.1. The summed E-state index contributed by atoms with van der Waals surface area (Å²) in [6, 6.07) is 12.3. The fourth-order valence-electron chi connectivity index (χ4n) is 3.32. The fraction of sp³-hybridized carbons (Fsp3) is 0.333. The number of carbonyl (C=O) groups excluding carboxylic acids is 1. The minimum absolute atomic E-state index is 0.528. The van der Waals surface area contributed by atoms with Crippen LogP contribution < -0.4 is 19.5 Å². The summed E-state index contributed by atoms with van der Waals surface area (Å²) in [7, 11) is 3.10. The zero-order chi connectivity index (χ0) is 22.2. The van der Waals surface area contributed by atoms with Crippen LogP contribution >= 0.6 is 0 Å². The first-order valence-electron chi connectivity index (χ1n) is 10.2. The molecule has 1 amide bonds. The molecule has 1 unspecified atom stereocenters. The van der Waals surface area contributed by atoms with E-state index < -0.39 is 17.9 Å². The van der Waals surface area contributed by atoms with Crippen molar-refractivity contribution in [2.45, 2.75) is 25.3 Å². The van der Waals surface area contributed by atoms with Crippen molar-refractivity contribution in [2.75, 3.05) is 20.8 Å². The molecule has 0 heterocycles. The monoisotopic (exact) mass is 425 g/mol. The third-order valence-electron chi connectivity index (χ3n) is 5.29. The van der Waals surface area contributed by atoms with Gasteiger partial charge in [0, 0.05) is 18.2 Å². The zero-order valence-corrected chi connectivity index (χ0v) is 17.7. The molecule has 1 fully saturated rings. The highest BCUT2D eigenvalue weighted by Gasteiger charge is 2.20. The lowest BCUT2D eigenvalue weighted by molar-refractivity contribution is -0.131. The fourth-order valence-corrected chi connectivity index (χ4v) is 3.32. The smallest absolute Gasteiger partial charge is 0.328 e. The van der Waals surface area contributed by atoms with Gasteiger partial charge in [-0.15, -0.1) is 0 Å². The van der Waals surface area contributed by atoms with Crippen LogP contribution in [-0.2, 0) is 9.59 Å². The highest BCUT2D eigenvalue weighted by molar-refractivity contribution is 5.94. The molecule has 0 radical (unpaired) electrons. The van der Waals surface area contributed by atoms with Gasteiger partial charge < -0.3 is 24.6 Å². The Labute approximate surface area is 181 Å². The van der Waals surface area contributed by atoms with Crippen LogP contribution in [0.3, 0.4) is 0 Å². The number of rotatable bonds is 10. The first-order chi connectivity index (χ1) is 15.0. The van der Waals surface area contributed by atoms with E-state index in [1.807, 2.05) is 24.3 Å². The lowest BCUT2D eigenvalue weighted by Gasteiger charge is -2.25. The van der Waals surface area contributed by atoms with E-state index in [0.717, 1.165) is 29.0 Å². The van der Waals surface area contributed by atoms with Gasteiger partial charge in [0.15, 0.2) is 0 Å². The number of carbonyl (C=O) groups is 2. The number of hydrogen-bond donors (Lipinski definition) is 2. The van der Waals surface area contributed by atoms with Crippen LogP contribution in [0.25, 0.3) is 0 Å². The normalized spacial score (nSPS) is 14.5. The van der Waals surface area contributed by atoms with Crippen LogP contribution in [0.15, 0.2) is 54.6 Å². The molecule has 0 aromatic heterocycles. The lowest BCUT2D eigenvalue weighted by atomic mass is 9.86. The van der Waals surface area contributed by atoms with Crippen LogP contribution in [-0.4, -0.2) is 37.8 Å². The molecule has 0 saturated heterocycles. The molecule has 2 N–H and O–H groups in total. The summed E-state index contributed by atoms with van der Waals surface area (Å²) in [5.41, 5.74) is 1.54. The van der Waals surface area contributed by atoms with E-state index in [2.05, 4.69) is 5.32 Å². The van der Waals surface area contributed by atoms with Gasteiger partial charge in [-0.1, -0.05) is 18.6 Å². The summed E-state index contributed by atoms with van der Waals surface area (Å²) >= 11 is 0. The number of methoxy groups -OCH3 is 2. The second-order valence-corrected chi connectivity index (χ2v) is 7.44. The Balaban J connectivity index is 1.86. The minimum Gasteiger partial charge on any atom is -0.497 e. The van der Waals surface area contributed by atoms with Gasteiger partial charge in [0.2, 0.25) is 5.91 Å². The molecule has 2 aromatic rings. The van der Waals surface area contributed by atoms with Crippen LogP contribution in [0, 0.1) is 5.92 Å². The van der Waals surface area contributed by atoms with Gasteiger partial charge >= 0.3 is 5.97 Å². The second kappa shape index (κ2) is 10.5. The van der Waals surface area contributed by atoms with Gasteiger partial charge in [-0.25, -0.2) is 4.79 Å². The zero-order valence-electron chi connectivity index (χ0n) is 17.7. The van der Waals surface area contributed by atoms with Gasteiger partial charge in [-0.3, -0.25) is 4.79 Å². The Hall–Kier alpha value is -3.48. The SMILES string of the molecule is COc1cc(OC)cc(C(NC(=O)/C=C/C(=O)O)c2ccc(OCC3CCC3)cc2)c1. The third-order valence-corrected chi connectivity index (χ3v) is 5.29. The summed E-state index contributed by atoms with van der Waals surface area (Å²) in [5.74, 6) is 0.846. The number of carboxylic acids is 1. The summed E-state index contributed by atoms with van der Waals surface area (Å²) in [6.45, 7) is 0.715. The number of amides is 1. The Morgan fingerprint density at radius 1 is 1.00 bits per heavy atom. The van der Waals surface area contributed by atoms with Crippen LogP contribution in [0.1, 0.15) is 36.4 Å². The molecular weight excluding hydrogens is 398 g/mol. The number of nitrogens with one attached hydrogen (secondary N) is 1. The van der Waals surface area contributed by atoms with Crippen molar-refractivity contribution in [3.05, 3.63) is 65.7 Å². The average molecular weight is 425 g/mol. The van der Waals surface area contributed by atoms with Crippen molar-refractivity contribution in [2.24, 2.45) is 5.92 Å². The molecule has 1 aliphatic rings. The molecule has 1 saturated carbocycles. The Morgan fingerprint density at radius 2 is 1.65 bits per heavy atom. The summed E-state index contributed by atoms with van der Waals surface area (Å²) in [5, 5.41) is 11.6. The molecular formula is C24H27NO6. The van der Waals surface area contributed by atoms with E-state index in [4.69, 9.17) is 19.3 Å². The summed E-state index contributed by atoms with van der Waals surface area (Å²) < 4.78 is 16.6. The van der Waals surface area contributed by atoms with Crippen LogP contribution in [0.2, 0.25) is 0 Å². The molecule has 0 aliphatic heterocycles. The van der Waals surface area contributed by atoms with Gasteiger partial charge in [-0.2, -0.15) is 0 Å². The minimum atomic E-state index is -1.19. The molecule has 2 aromatic carbocycles. The van der Waals surface area contributed by atoms with Gasteiger partial charge in [0.25, 0.3) is 0 Å². The number of hydrogen-bond acceptors (Lipinski definition) is 5. The molecule has 1 aliphatic carbocycles. The first kappa shape index (κ1) is 22.2. The maximum Gasteiger partial charge on any atom is 0.328 e. The lowest BCUT2D eigenvalue weighted by Crippen LogP contribution is -2.28. The van der Waals surface area contributed by atoms with Gasteiger partial charge in [0.05, 0.1) is 26.9 Å². The molecule has 0 spiro atoms. The Morgan fingerprint density at radius 3 is 2.16 bits per heavy atom. The largest absolute Gasteiger partial charge is 0.497 e. The molecule has 7 heteroatoms. The first-order valence-corrected chi connectivity index (χ1v) is 10.2. The second-order valence-electron chi connectivity index (χ2n) is 7.44. The maximum absolute atomic E-state index is 12.3. The Kier molecular flexibility index (Phi) is 7.54. The van der Waals surface area contributed by atoms with Gasteiger partial charge in [-0.05, 0) is 54.2 Å². The number of benzene rings is 2. The average Bonchev–Trinajstić information content (AvgIpc) is 2.75. The standard InChI is InChI=1S/C24H27NO6/c1-29-20-12-18(13-21(14-20)30-2)24(25-22(26)10-11-23(27)28)17-6-8-19(9-7-17)31-15-16-4-3-5-16/h6-14,16,24H,3-5,15H2,1-2H3,(H,25,26)(H,27,28)/b11-10+. The number of aliphatic carboxylic acids is 1. The van der Waals surface area contributed by atoms with E-state index in [1.165, 1.54) is 19.3 Å². The van der Waals surface area contributed by atoms with Gasteiger partial charge in [0.1, 0.15) is 17.2 Å². The van der Waals surface area contributed by atoms with Crippen molar-refractivity contribution in [3.8, 4) is 17.2 Å². The van der Waals surface area contributed by atoms with E-state index >= 15 is 0 Å². The predicted molar refractivity (Wildman–Crippen MR) is 116 cm³/mol.